The molecule has 6 nitrogen and oxygen atoms in total. The summed E-state index contributed by atoms with van der Waals surface area (Å²) in [5, 5.41) is 6.35. The van der Waals surface area contributed by atoms with Crippen molar-refractivity contribution in [3.63, 3.8) is 0 Å². The Bertz CT molecular complexity index is 934. The molecule has 0 amide bonds. The smallest absolute Gasteiger partial charge is 0.191 e. The van der Waals surface area contributed by atoms with Gasteiger partial charge in [0, 0.05) is 19.8 Å². The van der Waals surface area contributed by atoms with Crippen molar-refractivity contribution >= 4 is 39.8 Å². The van der Waals surface area contributed by atoms with Gasteiger partial charge >= 0.3 is 0 Å². The summed E-state index contributed by atoms with van der Waals surface area (Å²) in [4.78, 5) is 4.50. The summed E-state index contributed by atoms with van der Waals surface area (Å²) in [7, 11) is -1.56. The average Bonchev–Trinajstić information content (AvgIpc) is 2.63. The predicted molar refractivity (Wildman–Crippen MR) is 124 cm³/mol. The van der Waals surface area contributed by atoms with Gasteiger partial charge in [0.05, 0.1) is 11.4 Å². The molecule has 160 valence electrons. The van der Waals surface area contributed by atoms with Crippen LogP contribution < -0.4 is 15.4 Å². The van der Waals surface area contributed by atoms with E-state index < -0.39 is 9.84 Å². The lowest BCUT2D eigenvalue weighted by molar-refractivity contribution is 0.223. The molecule has 0 radical (unpaired) electrons. The summed E-state index contributed by atoms with van der Waals surface area (Å²) in [6.07, 6.45) is 1.05. The van der Waals surface area contributed by atoms with Crippen molar-refractivity contribution in [1.82, 2.24) is 10.6 Å². The van der Waals surface area contributed by atoms with Crippen LogP contribution in [0.2, 0.25) is 0 Å². The number of aliphatic imine (C=N–C) groups is 1. The molecule has 0 bridgehead atoms. The van der Waals surface area contributed by atoms with Crippen LogP contribution in [0.1, 0.15) is 18.1 Å². The first-order chi connectivity index (χ1) is 13.2. The Labute approximate surface area is 188 Å². The topological polar surface area (TPSA) is 79.8 Å². The van der Waals surface area contributed by atoms with E-state index in [9.17, 15) is 12.8 Å². The lowest BCUT2D eigenvalue weighted by atomic mass is 10.1. The summed E-state index contributed by atoms with van der Waals surface area (Å²) in [5.74, 6) is 0.891. The van der Waals surface area contributed by atoms with Crippen molar-refractivity contribution in [1.29, 1.82) is 0 Å². The Balaban J connectivity index is 0.00000420. The maximum atomic E-state index is 12.9. The minimum Gasteiger partial charge on any atom is -0.489 e. The molecule has 29 heavy (non-hydrogen) atoms. The molecule has 2 aromatic carbocycles. The number of rotatable bonds is 7. The lowest BCUT2D eigenvalue weighted by Crippen LogP contribution is -2.41. The highest BCUT2D eigenvalue weighted by Gasteiger charge is 2.11. The second kappa shape index (κ2) is 11.3. The zero-order chi connectivity index (χ0) is 20.7. The van der Waals surface area contributed by atoms with Crippen LogP contribution in [0.4, 0.5) is 4.39 Å². The van der Waals surface area contributed by atoms with E-state index in [1.54, 1.807) is 38.2 Å². The van der Waals surface area contributed by atoms with Crippen LogP contribution in [0.15, 0.2) is 52.4 Å². The van der Waals surface area contributed by atoms with Crippen LogP contribution in [0, 0.1) is 12.7 Å². The summed E-state index contributed by atoms with van der Waals surface area (Å²) in [6.45, 7) is 4.68. The summed E-state index contributed by atoms with van der Waals surface area (Å²) < 4.78 is 42.0. The molecule has 0 aliphatic rings. The first-order valence-corrected chi connectivity index (χ1v) is 10.7. The van der Waals surface area contributed by atoms with E-state index >= 15 is 0 Å². The molecular formula is C20H27FIN3O3S. The number of hydrogen-bond donors (Lipinski definition) is 2. The molecule has 2 rings (SSSR count). The Kier molecular flexibility index (Phi) is 9.84. The fourth-order valence-corrected chi connectivity index (χ4v) is 3.63. The Morgan fingerprint density at radius 3 is 2.38 bits per heavy atom. The normalized spacial score (nSPS) is 12.7. The van der Waals surface area contributed by atoms with Gasteiger partial charge in [0.25, 0.3) is 0 Å². The van der Waals surface area contributed by atoms with Crippen LogP contribution in [0.3, 0.4) is 0 Å². The maximum absolute atomic E-state index is 12.9. The molecule has 0 spiro atoms. The highest BCUT2D eigenvalue weighted by Crippen LogP contribution is 2.16. The van der Waals surface area contributed by atoms with E-state index in [-0.39, 0.29) is 35.9 Å². The molecule has 0 fully saturated rings. The molecule has 9 heteroatoms. The molecule has 0 aromatic heterocycles. The van der Waals surface area contributed by atoms with Gasteiger partial charge in [-0.15, -0.1) is 24.0 Å². The zero-order valence-electron chi connectivity index (χ0n) is 16.9. The number of guanidine groups is 1. The molecule has 1 unspecified atom stereocenters. The molecule has 0 saturated heterocycles. The van der Waals surface area contributed by atoms with Gasteiger partial charge in [-0.25, -0.2) is 12.8 Å². The minimum atomic E-state index is -3.22. The van der Waals surface area contributed by atoms with Crippen molar-refractivity contribution in [3.8, 4) is 5.75 Å². The van der Waals surface area contributed by atoms with E-state index in [0.717, 1.165) is 5.56 Å². The predicted octanol–water partition coefficient (Wildman–Crippen LogP) is 3.29. The Morgan fingerprint density at radius 1 is 1.17 bits per heavy atom. The molecular weight excluding hydrogens is 508 g/mol. The van der Waals surface area contributed by atoms with Gasteiger partial charge in [-0.1, -0.05) is 12.1 Å². The molecule has 2 aromatic rings. The second-order valence-corrected chi connectivity index (χ2v) is 8.55. The Hall–Kier alpha value is -1.88. The van der Waals surface area contributed by atoms with Crippen molar-refractivity contribution in [3.05, 3.63) is 59.4 Å². The van der Waals surface area contributed by atoms with Crippen LogP contribution in [0.25, 0.3) is 0 Å². The van der Waals surface area contributed by atoms with Crippen LogP contribution >= 0.6 is 24.0 Å². The number of sulfone groups is 1. The van der Waals surface area contributed by atoms with Gasteiger partial charge in [0.1, 0.15) is 17.7 Å². The van der Waals surface area contributed by atoms with Gasteiger partial charge in [-0.2, -0.15) is 0 Å². The number of nitrogens with zero attached hydrogens (tertiary/aromatic N) is 1. The highest BCUT2D eigenvalue weighted by atomic mass is 127. The molecule has 0 aliphatic heterocycles. The lowest BCUT2D eigenvalue weighted by Gasteiger charge is -2.18. The minimum absolute atomic E-state index is 0. The summed E-state index contributed by atoms with van der Waals surface area (Å²) >= 11 is 0. The van der Waals surface area contributed by atoms with E-state index in [4.69, 9.17) is 4.74 Å². The van der Waals surface area contributed by atoms with Gasteiger partial charge in [0.2, 0.25) is 0 Å². The summed E-state index contributed by atoms with van der Waals surface area (Å²) in [5.41, 5.74) is 1.66. The number of benzene rings is 2. The van der Waals surface area contributed by atoms with E-state index in [2.05, 4.69) is 15.6 Å². The van der Waals surface area contributed by atoms with Crippen LogP contribution in [0.5, 0.6) is 5.75 Å². The van der Waals surface area contributed by atoms with Gasteiger partial charge < -0.3 is 15.4 Å². The highest BCUT2D eigenvalue weighted by molar-refractivity contribution is 14.0. The quantitative estimate of drug-likeness (QED) is 0.323. The van der Waals surface area contributed by atoms with E-state index in [1.807, 2.05) is 13.0 Å². The van der Waals surface area contributed by atoms with Gasteiger partial charge in [-0.3, -0.25) is 4.99 Å². The standard InChI is InChI=1S/C20H26FN3O3S.HI/c1-14-11-16(5-10-19(14)28(4,25)26)13-24-20(22-3)23-12-15(2)27-18-8-6-17(21)7-9-18;/h5-11,15H,12-13H2,1-4H3,(H2,22,23,24);1H. The number of ether oxygens (including phenoxy) is 1. The number of halogens is 2. The molecule has 2 N–H and O–H groups in total. The van der Waals surface area contributed by atoms with E-state index in [0.29, 0.717) is 35.3 Å². The average molecular weight is 535 g/mol. The van der Waals surface area contributed by atoms with Crippen molar-refractivity contribution in [2.24, 2.45) is 4.99 Å². The van der Waals surface area contributed by atoms with Gasteiger partial charge in [-0.05, 0) is 55.3 Å². The monoisotopic (exact) mass is 535 g/mol. The van der Waals surface area contributed by atoms with Crippen LogP contribution in [-0.2, 0) is 16.4 Å². The fourth-order valence-electron chi connectivity index (χ4n) is 2.67. The maximum Gasteiger partial charge on any atom is 0.191 e. The largest absolute Gasteiger partial charge is 0.489 e. The molecule has 1 atom stereocenters. The summed E-state index contributed by atoms with van der Waals surface area (Å²) in [6, 6.07) is 11.1. The molecule has 0 aliphatic carbocycles. The van der Waals surface area contributed by atoms with Crippen molar-refractivity contribution in [2.45, 2.75) is 31.4 Å². The van der Waals surface area contributed by atoms with Crippen molar-refractivity contribution in [2.75, 3.05) is 19.8 Å². The first-order valence-electron chi connectivity index (χ1n) is 8.85. The number of nitrogens with one attached hydrogen (secondary N) is 2. The molecule has 0 saturated carbocycles. The zero-order valence-corrected chi connectivity index (χ0v) is 20.0. The fraction of sp³-hybridized carbons (Fsp3) is 0.350. The number of aryl methyl sites for hydroxylation is 1. The molecule has 0 heterocycles. The SMILES string of the molecule is CN=C(NCc1ccc(S(C)(=O)=O)c(C)c1)NCC(C)Oc1ccc(F)cc1.I. The van der Waals surface area contributed by atoms with Crippen molar-refractivity contribution < 1.29 is 17.5 Å². The first kappa shape index (κ1) is 25.2. The van der Waals surface area contributed by atoms with Crippen LogP contribution in [-0.4, -0.2) is 40.3 Å². The van der Waals surface area contributed by atoms with E-state index in [1.165, 1.54) is 18.4 Å². The number of hydrogen-bond acceptors (Lipinski definition) is 4. The third-order valence-electron chi connectivity index (χ3n) is 4.03. The second-order valence-electron chi connectivity index (χ2n) is 6.56. The Morgan fingerprint density at radius 2 is 1.83 bits per heavy atom. The third-order valence-corrected chi connectivity index (χ3v) is 5.29. The third kappa shape index (κ3) is 8.17. The van der Waals surface area contributed by atoms with Gasteiger partial charge in [0.15, 0.2) is 15.8 Å².